The third kappa shape index (κ3) is 5.00. The number of carbonyl (C=O) groups is 1. The van der Waals surface area contributed by atoms with Crippen molar-refractivity contribution in [1.29, 1.82) is 0 Å². The van der Waals surface area contributed by atoms with Gasteiger partial charge in [-0.2, -0.15) is 0 Å². The molecule has 1 aromatic carbocycles. The van der Waals surface area contributed by atoms with Gasteiger partial charge in [0, 0.05) is 25.5 Å². The fourth-order valence-corrected chi connectivity index (χ4v) is 2.99. The van der Waals surface area contributed by atoms with E-state index in [0.717, 1.165) is 24.0 Å². The van der Waals surface area contributed by atoms with Crippen LogP contribution in [-0.2, 0) is 11.2 Å². The highest BCUT2D eigenvalue weighted by Gasteiger charge is 2.28. The van der Waals surface area contributed by atoms with Crippen LogP contribution in [0.3, 0.4) is 0 Å². The van der Waals surface area contributed by atoms with E-state index in [4.69, 9.17) is 4.74 Å². The van der Waals surface area contributed by atoms with Gasteiger partial charge in [-0.05, 0) is 48.6 Å². The van der Waals surface area contributed by atoms with Gasteiger partial charge in [-0.15, -0.1) is 0 Å². The van der Waals surface area contributed by atoms with E-state index in [1.165, 1.54) is 12.1 Å². The zero-order valence-corrected chi connectivity index (χ0v) is 14.0. The summed E-state index contributed by atoms with van der Waals surface area (Å²) in [6, 6.07) is 9.49. The quantitative estimate of drug-likeness (QED) is 0.847. The van der Waals surface area contributed by atoms with Crippen LogP contribution in [0.15, 0.2) is 48.8 Å². The minimum Gasteiger partial charge on any atom is -0.376 e. The van der Waals surface area contributed by atoms with Crippen molar-refractivity contribution in [2.24, 2.45) is 0 Å². The molecule has 0 unspecified atom stereocenters. The maximum absolute atomic E-state index is 13.2. The highest BCUT2D eigenvalue weighted by Crippen LogP contribution is 2.27. The van der Waals surface area contributed by atoms with Crippen molar-refractivity contribution in [1.82, 2.24) is 15.6 Å². The lowest BCUT2D eigenvalue weighted by Gasteiger charge is -2.25. The second kappa shape index (κ2) is 8.58. The van der Waals surface area contributed by atoms with Crippen LogP contribution in [0.1, 0.15) is 30.0 Å². The minimum absolute atomic E-state index is 0.0884. The van der Waals surface area contributed by atoms with E-state index in [-0.39, 0.29) is 24.0 Å². The first-order chi connectivity index (χ1) is 12.2. The minimum atomic E-state index is -0.296. The maximum Gasteiger partial charge on any atom is 0.315 e. The second-order valence-electron chi connectivity index (χ2n) is 6.09. The number of carbonyl (C=O) groups excluding carboxylic acids is 1. The number of benzene rings is 1. The number of aromatic nitrogens is 1. The van der Waals surface area contributed by atoms with E-state index in [9.17, 15) is 9.18 Å². The van der Waals surface area contributed by atoms with Crippen LogP contribution < -0.4 is 10.6 Å². The van der Waals surface area contributed by atoms with Gasteiger partial charge in [0.1, 0.15) is 5.82 Å². The monoisotopic (exact) mass is 343 g/mol. The summed E-state index contributed by atoms with van der Waals surface area (Å²) in [5.41, 5.74) is 1.91. The highest BCUT2D eigenvalue weighted by molar-refractivity contribution is 5.74. The smallest absolute Gasteiger partial charge is 0.315 e. The van der Waals surface area contributed by atoms with Crippen molar-refractivity contribution >= 4 is 6.03 Å². The Kier molecular flexibility index (Phi) is 5.95. The molecule has 2 atom stereocenters. The molecular formula is C19H22FN3O2. The van der Waals surface area contributed by atoms with Crippen LogP contribution in [0, 0.1) is 5.82 Å². The van der Waals surface area contributed by atoms with E-state index in [1.807, 2.05) is 12.1 Å². The van der Waals surface area contributed by atoms with Crippen LogP contribution >= 0.6 is 0 Å². The molecule has 1 aromatic heterocycles. The number of rotatable bonds is 6. The molecule has 0 aliphatic carbocycles. The summed E-state index contributed by atoms with van der Waals surface area (Å²) in [6.07, 6.45) is 5.97. The number of urea groups is 1. The van der Waals surface area contributed by atoms with Gasteiger partial charge < -0.3 is 15.4 Å². The zero-order valence-electron chi connectivity index (χ0n) is 14.0. The summed E-state index contributed by atoms with van der Waals surface area (Å²) in [4.78, 5) is 16.3. The Hall–Kier alpha value is -2.47. The van der Waals surface area contributed by atoms with Crippen molar-refractivity contribution < 1.29 is 13.9 Å². The van der Waals surface area contributed by atoms with E-state index in [0.29, 0.717) is 19.6 Å². The lowest BCUT2D eigenvalue weighted by Crippen LogP contribution is -2.42. The van der Waals surface area contributed by atoms with Gasteiger partial charge in [0.05, 0.1) is 12.1 Å². The Morgan fingerprint density at radius 3 is 2.84 bits per heavy atom. The van der Waals surface area contributed by atoms with Crippen LogP contribution in [0.2, 0.25) is 0 Å². The largest absolute Gasteiger partial charge is 0.376 e. The predicted octanol–water partition coefficient (Wildman–Crippen LogP) is 2.98. The molecule has 0 saturated carbocycles. The van der Waals surface area contributed by atoms with E-state index >= 15 is 0 Å². The lowest BCUT2D eigenvalue weighted by atomic mass is 9.99. The van der Waals surface area contributed by atoms with Crippen molar-refractivity contribution in [2.45, 2.75) is 31.4 Å². The number of ether oxygens (including phenoxy) is 1. The van der Waals surface area contributed by atoms with Crippen molar-refractivity contribution in [3.63, 3.8) is 0 Å². The number of halogens is 1. The van der Waals surface area contributed by atoms with Crippen molar-refractivity contribution in [3.05, 3.63) is 65.7 Å². The van der Waals surface area contributed by atoms with Gasteiger partial charge in [-0.1, -0.05) is 18.2 Å². The fraction of sp³-hybridized carbons (Fsp3) is 0.368. The van der Waals surface area contributed by atoms with Crippen molar-refractivity contribution in [2.75, 3.05) is 13.2 Å². The van der Waals surface area contributed by atoms with Gasteiger partial charge in [-0.3, -0.25) is 4.98 Å². The van der Waals surface area contributed by atoms with Crippen LogP contribution in [0.5, 0.6) is 0 Å². The molecule has 6 heteroatoms. The number of hydrogen-bond acceptors (Lipinski definition) is 3. The van der Waals surface area contributed by atoms with Gasteiger partial charge >= 0.3 is 6.03 Å². The number of hydrogen-bond donors (Lipinski definition) is 2. The van der Waals surface area contributed by atoms with Crippen LogP contribution in [0.25, 0.3) is 0 Å². The Labute approximate surface area is 146 Å². The normalized spacial score (nSPS) is 17.9. The average molecular weight is 343 g/mol. The van der Waals surface area contributed by atoms with Gasteiger partial charge in [0.2, 0.25) is 0 Å². The molecule has 2 heterocycles. The zero-order chi connectivity index (χ0) is 17.5. The topological polar surface area (TPSA) is 63.2 Å². The van der Waals surface area contributed by atoms with E-state index < -0.39 is 0 Å². The standard InChI is InChI=1S/C19H22FN3O2/c20-16-7-5-15(6-8-16)18(17-4-2-12-25-17)23-19(24)22-11-9-14-3-1-10-21-13-14/h1,3,5-8,10,13,17-18H,2,4,9,11-12H2,(H2,22,23,24)/t17-,18+/m1/s1. The summed E-state index contributed by atoms with van der Waals surface area (Å²) in [5.74, 6) is -0.296. The highest BCUT2D eigenvalue weighted by atomic mass is 19.1. The average Bonchev–Trinajstić information content (AvgIpc) is 3.16. The van der Waals surface area contributed by atoms with Gasteiger partial charge in [0.15, 0.2) is 0 Å². The van der Waals surface area contributed by atoms with E-state index in [1.54, 1.807) is 24.5 Å². The molecule has 5 nitrogen and oxygen atoms in total. The second-order valence-corrected chi connectivity index (χ2v) is 6.09. The molecule has 3 rings (SSSR count). The molecule has 2 N–H and O–H groups in total. The molecule has 2 aromatic rings. The molecule has 0 radical (unpaired) electrons. The molecule has 2 amide bonds. The number of pyridine rings is 1. The SMILES string of the molecule is O=C(NCCc1cccnc1)N[C@@H](c1ccc(F)cc1)[C@H]1CCCO1. The molecule has 25 heavy (non-hydrogen) atoms. The summed E-state index contributed by atoms with van der Waals surface area (Å²) < 4.78 is 18.9. The first-order valence-corrected chi connectivity index (χ1v) is 8.53. The van der Waals surface area contributed by atoms with E-state index in [2.05, 4.69) is 15.6 Å². The molecule has 1 fully saturated rings. The summed E-state index contributed by atoms with van der Waals surface area (Å²) in [6.45, 7) is 1.20. The van der Waals surface area contributed by atoms with Gasteiger partial charge in [-0.25, -0.2) is 9.18 Å². The van der Waals surface area contributed by atoms with Crippen molar-refractivity contribution in [3.8, 4) is 0 Å². The van der Waals surface area contributed by atoms with Crippen LogP contribution in [0.4, 0.5) is 9.18 Å². The fourth-order valence-electron chi connectivity index (χ4n) is 2.99. The predicted molar refractivity (Wildman–Crippen MR) is 92.6 cm³/mol. The number of nitrogens with one attached hydrogen (secondary N) is 2. The Morgan fingerprint density at radius 2 is 2.16 bits per heavy atom. The van der Waals surface area contributed by atoms with Crippen LogP contribution in [-0.4, -0.2) is 30.3 Å². The molecule has 0 bridgehead atoms. The third-order valence-corrected chi connectivity index (χ3v) is 4.27. The first kappa shape index (κ1) is 17.4. The summed E-state index contributed by atoms with van der Waals surface area (Å²) in [5, 5.41) is 5.83. The molecule has 132 valence electrons. The Bertz CT molecular complexity index is 673. The lowest BCUT2D eigenvalue weighted by molar-refractivity contribution is 0.0807. The summed E-state index contributed by atoms with van der Waals surface area (Å²) >= 11 is 0. The molecule has 1 aliphatic heterocycles. The molecular weight excluding hydrogens is 321 g/mol. The third-order valence-electron chi connectivity index (χ3n) is 4.27. The van der Waals surface area contributed by atoms with Gasteiger partial charge in [0.25, 0.3) is 0 Å². The first-order valence-electron chi connectivity index (χ1n) is 8.53. The number of amides is 2. The summed E-state index contributed by atoms with van der Waals surface area (Å²) in [7, 11) is 0. The molecule has 0 spiro atoms. The Balaban J connectivity index is 1.57. The molecule has 1 saturated heterocycles. The Morgan fingerprint density at radius 1 is 1.32 bits per heavy atom. The molecule has 1 aliphatic rings. The maximum atomic E-state index is 13.2. The number of nitrogens with zero attached hydrogens (tertiary/aromatic N) is 1.